The molecule has 0 aromatic heterocycles. The molecule has 17 heavy (non-hydrogen) atoms. The first-order valence-electron chi connectivity index (χ1n) is 5.66. The van der Waals surface area contributed by atoms with Gasteiger partial charge in [0, 0.05) is 14.9 Å². The topological polar surface area (TPSA) is 35.1 Å². The van der Waals surface area contributed by atoms with Gasteiger partial charge in [-0.05, 0) is 74.4 Å². The largest absolute Gasteiger partial charge is 0.598 e. The van der Waals surface area contributed by atoms with E-state index in [1.807, 2.05) is 27.7 Å². The molecule has 2 atom stereocenters. The van der Waals surface area contributed by atoms with Crippen molar-refractivity contribution in [2.75, 3.05) is 0 Å². The summed E-state index contributed by atoms with van der Waals surface area (Å²) in [5, 5.41) is 0. The van der Waals surface area contributed by atoms with Gasteiger partial charge in [0.25, 0.3) is 0 Å². The van der Waals surface area contributed by atoms with E-state index in [9.17, 15) is 4.55 Å². The molecule has 0 saturated carbocycles. The fourth-order valence-corrected chi connectivity index (χ4v) is 2.63. The maximum absolute atomic E-state index is 12.0. The fraction of sp³-hybridized carbons (Fsp3) is 0.538. The van der Waals surface area contributed by atoms with Crippen LogP contribution in [0.15, 0.2) is 18.2 Å². The quantitative estimate of drug-likeness (QED) is 0.655. The van der Waals surface area contributed by atoms with Gasteiger partial charge >= 0.3 is 0 Å². The van der Waals surface area contributed by atoms with Crippen LogP contribution in [0.3, 0.4) is 0 Å². The third-order valence-corrected chi connectivity index (χ3v) is 5.38. The van der Waals surface area contributed by atoms with Gasteiger partial charge in [-0.2, -0.15) is 0 Å². The summed E-state index contributed by atoms with van der Waals surface area (Å²) in [6.45, 7) is 10.1. The minimum Gasteiger partial charge on any atom is -0.598 e. The Morgan fingerprint density at radius 1 is 1.35 bits per heavy atom. The molecule has 4 heteroatoms. The molecule has 0 radical (unpaired) electrons. The van der Waals surface area contributed by atoms with Crippen molar-refractivity contribution in [3.8, 4) is 0 Å². The van der Waals surface area contributed by atoms with Crippen molar-refractivity contribution in [1.29, 1.82) is 0 Å². The lowest BCUT2D eigenvalue weighted by molar-refractivity contribution is 0.531. The van der Waals surface area contributed by atoms with Crippen molar-refractivity contribution >= 4 is 34.0 Å². The zero-order valence-corrected chi connectivity index (χ0v) is 14.0. The molecule has 1 N–H and O–H groups in total. The Balaban J connectivity index is 2.76. The lowest BCUT2D eigenvalue weighted by atomic mass is 10.1. The summed E-state index contributed by atoms with van der Waals surface area (Å²) >= 11 is 1.30. The Morgan fingerprint density at radius 3 is 2.41 bits per heavy atom. The van der Waals surface area contributed by atoms with Crippen LogP contribution in [0.1, 0.15) is 44.9 Å². The first-order chi connectivity index (χ1) is 7.71. The normalized spacial score (nSPS) is 15.7. The highest BCUT2D eigenvalue weighted by Crippen LogP contribution is 2.22. The first kappa shape index (κ1) is 15.3. The highest BCUT2D eigenvalue weighted by Gasteiger charge is 2.28. The number of nitrogens with one attached hydrogen (secondary N) is 1. The average molecular weight is 365 g/mol. The zero-order valence-electron chi connectivity index (χ0n) is 11.0. The molecule has 2 nitrogen and oxygen atoms in total. The summed E-state index contributed by atoms with van der Waals surface area (Å²) in [6, 6.07) is 6.45. The van der Waals surface area contributed by atoms with E-state index in [2.05, 4.69) is 52.4 Å². The second-order valence-electron chi connectivity index (χ2n) is 5.23. The summed E-state index contributed by atoms with van der Waals surface area (Å²) in [7, 11) is 0. The Labute approximate surface area is 121 Å². The third-order valence-electron chi connectivity index (χ3n) is 2.54. The average Bonchev–Trinajstić information content (AvgIpc) is 2.20. The monoisotopic (exact) mass is 365 g/mol. The molecule has 0 aliphatic heterocycles. The van der Waals surface area contributed by atoms with Crippen LogP contribution in [0.2, 0.25) is 0 Å². The van der Waals surface area contributed by atoms with Crippen LogP contribution in [0.5, 0.6) is 0 Å². The van der Waals surface area contributed by atoms with Gasteiger partial charge in [-0.15, -0.1) is 4.72 Å². The van der Waals surface area contributed by atoms with Crippen LogP contribution >= 0.6 is 22.6 Å². The molecule has 1 aromatic rings. The number of hydrogen-bond acceptors (Lipinski definition) is 2. The lowest BCUT2D eigenvalue weighted by Gasteiger charge is -2.26. The Bertz CT molecular complexity index is 389. The second-order valence-corrected chi connectivity index (χ2v) is 8.39. The minimum atomic E-state index is -1.03. The van der Waals surface area contributed by atoms with Crippen molar-refractivity contribution in [2.45, 2.75) is 45.4 Å². The van der Waals surface area contributed by atoms with Crippen LogP contribution < -0.4 is 4.72 Å². The predicted molar refractivity (Wildman–Crippen MR) is 83.3 cm³/mol. The van der Waals surface area contributed by atoms with Crippen LogP contribution in [0.4, 0.5) is 0 Å². The van der Waals surface area contributed by atoms with Crippen molar-refractivity contribution < 1.29 is 4.55 Å². The summed E-state index contributed by atoms with van der Waals surface area (Å²) in [5.74, 6) is 0. The number of benzene rings is 1. The van der Waals surface area contributed by atoms with E-state index in [0.29, 0.717) is 0 Å². The Hall–Kier alpha value is 0.220. The molecular weight excluding hydrogens is 345 g/mol. The van der Waals surface area contributed by atoms with E-state index in [4.69, 9.17) is 0 Å². The summed E-state index contributed by atoms with van der Waals surface area (Å²) in [6.07, 6.45) is 0. The molecule has 0 saturated heterocycles. The van der Waals surface area contributed by atoms with Gasteiger partial charge in [0.2, 0.25) is 0 Å². The molecule has 0 aliphatic carbocycles. The van der Waals surface area contributed by atoms with Gasteiger partial charge in [0.05, 0.1) is 6.04 Å². The third kappa shape index (κ3) is 4.43. The van der Waals surface area contributed by atoms with Gasteiger partial charge in [-0.1, -0.05) is 12.1 Å². The van der Waals surface area contributed by atoms with Crippen molar-refractivity contribution in [3.05, 3.63) is 32.9 Å². The van der Waals surface area contributed by atoms with Gasteiger partial charge < -0.3 is 4.55 Å². The Morgan fingerprint density at radius 2 is 1.94 bits per heavy atom. The molecule has 0 amide bonds. The van der Waals surface area contributed by atoms with Gasteiger partial charge in [-0.3, -0.25) is 0 Å². The molecule has 0 fully saturated rings. The number of rotatable bonds is 3. The number of halogens is 1. The van der Waals surface area contributed by atoms with E-state index < -0.39 is 11.4 Å². The zero-order chi connectivity index (χ0) is 13.2. The van der Waals surface area contributed by atoms with Gasteiger partial charge in [-0.25, -0.2) is 0 Å². The number of aryl methyl sites for hydroxylation is 1. The molecule has 0 unspecified atom stereocenters. The smallest absolute Gasteiger partial charge is 0.136 e. The highest BCUT2D eigenvalue weighted by atomic mass is 127. The van der Waals surface area contributed by atoms with Crippen molar-refractivity contribution in [1.82, 2.24) is 4.72 Å². The van der Waals surface area contributed by atoms with Crippen LogP contribution in [0.25, 0.3) is 0 Å². The molecule has 1 rings (SSSR count). The maximum atomic E-state index is 12.0. The highest BCUT2D eigenvalue weighted by molar-refractivity contribution is 14.1. The van der Waals surface area contributed by atoms with E-state index in [1.54, 1.807) is 0 Å². The maximum Gasteiger partial charge on any atom is 0.136 e. The molecule has 96 valence electrons. The van der Waals surface area contributed by atoms with Gasteiger partial charge in [0.1, 0.15) is 4.75 Å². The molecule has 0 heterocycles. The van der Waals surface area contributed by atoms with E-state index in [0.717, 1.165) is 0 Å². The molecule has 0 bridgehead atoms. The van der Waals surface area contributed by atoms with Crippen LogP contribution in [-0.4, -0.2) is 9.30 Å². The van der Waals surface area contributed by atoms with E-state index in [-0.39, 0.29) is 10.8 Å². The van der Waals surface area contributed by atoms with Crippen LogP contribution in [0, 0.1) is 10.5 Å². The van der Waals surface area contributed by atoms with Crippen molar-refractivity contribution in [2.24, 2.45) is 0 Å². The fourth-order valence-electron chi connectivity index (χ4n) is 1.28. The summed E-state index contributed by atoms with van der Waals surface area (Å²) in [4.78, 5) is 0. The first-order valence-corrected chi connectivity index (χ1v) is 7.89. The molecule has 0 spiro atoms. The predicted octanol–water partition coefficient (Wildman–Crippen LogP) is 3.71. The minimum absolute atomic E-state index is 0.101. The van der Waals surface area contributed by atoms with E-state index >= 15 is 0 Å². The molecule has 1 aromatic carbocycles. The van der Waals surface area contributed by atoms with Crippen molar-refractivity contribution in [3.63, 3.8) is 0 Å². The number of hydrogen-bond donors (Lipinski definition) is 1. The van der Waals surface area contributed by atoms with E-state index in [1.165, 1.54) is 14.7 Å². The van der Waals surface area contributed by atoms with Gasteiger partial charge in [0.15, 0.2) is 0 Å². The SMILES string of the molecule is Cc1ccc([C@H](C)N[S@+]([O-])C(C)(C)C)cc1I. The van der Waals surface area contributed by atoms with Crippen LogP contribution in [-0.2, 0) is 11.4 Å². The second kappa shape index (κ2) is 5.91. The summed E-state index contributed by atoms with van der Waals surface area (Å²) in [5.41, 5.74) is 2.45. The molecule has 0 aliphatic rings. The standard InChI is InChI=1S/C13H20INOS/c1-9-6-7-11(8-12(9)14)10(2)15-17(16)13(3,4)5/h6-8,10,15H,1-5H3/t10-,17+/m0/s1. The lowest BCUT2D eigenvalue weighted by Crippen LogP contribution is -2.40. The molecular formula is C13H20INOS. The summed E-state index contributed by atoms with van der Waals surface area (Å²) < 4.78 is 16.2. The Kier molecular flexibility index (Phi) is 5.31.